The number of hydrogen-bond donors (Lipinski definition) is 1. The molecule has 1 aromatic carbocycles. The highest BCUT2D eigenvalue weighted by Gasteiger charge is 2.24. The molecule has 3 rings (SSSR count). The summed E-state index contributed by atoms with van der Waals surface area (Å²) in [7, 11) is 0. The first kappa shape index (κ1) is 15.5. The highest BCUT2D eigenvalue weighted by molar-refractivity contribution is 5.97. The quantitative estimate of drug-likeness (QED) is 0.919. The molecule has 1 saturated heterocycles. The van der Waals surface area contributed by atoms with E-state index in [2.05, 4.69) is 10.1 Å². The lowest BCUT2D eigenvalue weighted by molar-refractivity contribution is 0.0703. The van der Waals surface area contributed by atoms with Gasteiger partial charge >= 0.3 is 0 Å². The molecule has 1 unspecified atom stereocenters. The van der Waals surface area contributed by atoms with E-state index in [0.717, 1.165) is 19.4 Å². The van der Waals surface area contributed by atoms with Crippen LogP contribution in [0.3, 0.4) is 0 Å². The Morgan fingerprint density at radius 1 is 1.48 bits per heavy atom. The van der Waals surface area contributed by atoms with Crippen molar-refractivity contribution in [3.05, 3.63) is 41.5 Å². The molecule has 2 N–H and O–H groups in total. The van der Waals surface area contributed by atoms with Gasteiger partial charge in [-0.1, -0.05) is 17.3 Å². The van der Waals surface area contributed by atoms with E-state index in [4.69, 9.17) is 15.0 Å². The number of rotatable bonds is 4. The number of nitrogens with zero attached hydrogens (tertiary/aromatic N) is 3. The van der Waals surface area contributed by atoms with Gasteiger partial charge in [0.15, 0.2) is 6.61 Å². The normalized spacial score (nSPS) is 18.0. The Bertz CT molecular complexity index is 685. The van der Waals surface area contributed by atoms with Crippen molar-refractivity contribution in [3.63, 3.8) is 0 Å². The lowest BCUT2D eigenvalue weighted by Gasteiger charge is -2.31. The van der Waals surface area contributed by atoms with Gasteiger partial charge in [-0.3, -0.25) is 4.79 Å². The van der Waals surface area contributed by atoms with Gasteiger partial charge in [0.1, 0.15) is 5.75 Å². The number of hydrogen-bond acceptors (Lipinski definition) is 6. The molecule has 1 aliphatic rings. The Labute approximate surface area is 134 Å². The first-order chi connectivity index (χ1) is 11.1. The Balaban J connectivity index is 1.73. The molecule has 0 spiro atoms. The molecule has 7 nitrogen and oxygen atoms in total. The van der Waals surface area contributed by atoms with Crippen LogP contribution < -0.4 is 10.5 Å². The lowest BCUT2D eigenvalue weighted by Crippen LogP contribution is -2.45. The van der Waals surface area contributed by atoms with Crippen molar-refractivity contribution in [1.29, 1.82) is 0 Å². The summed E-state index contributed by atoms with van der Waals surface area (Å²) < 4.78 is 10.6. The van der Waals surface area contributed by atoms with Crippen molar-refractivity contribution >= 4 is 5.91 Å². The third-order valence-electron chi connectivity index (χ3n) is 3.79. The number of amides is 1. The fourth-order valence-corrected chi connectivity index (χ4v) is 2.68. The second-order valence-corrected chi connectivity index (χ2v) is 5.67. The number of piperidine rings is 1. The van der Waals surface area contributed by atoms with Gasteiger partial charge in [0.05, 0.1) is 5.56 Å². The van der Waals surface area contributed by atoms with Crippen LogP contribution in [0.4, 0.5) is 0 Å². The number of carbonyl (C=O) groups excluding carboxylic acids is 1. The van der Waals surface area contributed by atoms with Crippen LogP contribution >= 0.6 is 0 Å². The molecule has 1 aromatic heterocycles. The van der Waals surface area contributed by atoms with Gasteiger partial charge in [-0.15, -0.1) is 0 Å². The molecular formula is C16H20N4O3. The minimum Gasteiger partial charge on any atom is -0.485 e. The number of carbonyl (C=O) groups is 1. The van der Waals surface area contributed by atoms with E-state index in [1.807, 2.05) is 12.1 Å². The van der Waals surface area contributed by atoms with Crippen LogP contribution in [-0.4, -0.2) is 40.1 Å². The summed E-state index contributed by atoms with van der Waals surface area (Å²) in [6.45, 7) is 3.18. The molecule has 1 fully saturated rings. The van der Waals surface area contributed by atoms with Crippen LogP contribution in [0.5, 0.6) is 5.75 Å². The smallest absolute Gasteiger partial charge is 0.257 e. The van der Waals surface area contributed by atoms with Crippen molar-refractivity contribution in [2.45, 2.75) is 32.4 Å². The number of benzene rings is 1. The first-order valence-electron chi connectivity index (χ1n) is 7.69. The van der Waals surface area contributed by atoms with Crippen LogP contribution in [0.25, 0.3) is 0 Å². The summed E-state index contributed by atoms with van der Waals surface area (Å²) in [5.74, 6) is 1.39. The van der Waals surface area contributed by atoms with Crippen LogP contribution in [0.1, 0.15) is 34.9 Å². The molecule has 2 aromatic rings. The van der Waals surface area contributed by atoms with Crippen LogP contribution in [0, 0.1) is 6.92 Å². The van der Waals surface area contributed by atoms with Crippen molar-refractivity contribution in [2.24, 2.45) is 5.73 Å². The van der Waals surface area contributed by atoms with E-state index < -0.39 is 0 Å². The van der Waals surface area contributed by atoms with E-state index in [9.17, 15) is 4.79 Å². The average molecular weight is 316 g/mol. The fourth-order valence-electron chi connectivity index (χ4n) is 2.68. The zero-order valence-corrected chi connectivity index (χ0v) is 13.1. The third-order valence-corrected chi connectivity index (χ3v) is 3.79. The van der Waals surface area contributed by atoms with Gasteiger partial charge in [0.25, 0.3) is 5.91 Å². The minimum absolute atomic E-state index is 0.0445. The van der Waals surface area contributed by atoms with E-state index in [1.54, 1.807) is 24.0 Å². The standard InChI is InChI=1S/C16H20N4O3/c1-11-18-15(19-23-11)10-22-14-7-3-2-6-13(14)16(21)20-8-4-5-12(17)9-20/h2-3,6-7,12H,4-5,8-10,17H2,1H3. The maximum absolute atomic E-state index is 12.7. The predicted octanol–water partition coefficient (Wildman–Crippen LogP) is 1.52. The number of aryl methyl sites for hydroxylation is 1. The zero-order chi connectivity index (χ0) is 16.2. The van der Waals surface area contributed by atoms with Gasteiger partial charge in [-0.25, -0.2) is 0 Å². The fraction of sp³-hybridized carbons (Fsp3) is 0.438. The monoisotopic (exact) mass is 316 g/mol. The van der Waals surface area contributed by atoms with E-state index in [-0.39, 0.29) is 18.6 Å². The first-order valence-corrected chi connectivity index (χ1v) is 7.69. The van der Waals surface area contributed by atoms with Crippen molar-refractivity contribution < 1.29 is 14.1 Å². The van der Waals surface area contributed by atoms with Crippen molar-refractivity contribution in [2.75, 3.05) is 13.1 Å². The van der Waals surface area contributed by atoms with Gasteiger partial charge in [0.2, 0.25) is 11.7 Å². The number of nitrogens with two attached hydrogens (primary N) is 1. The SMILES string of the molecule is Cc1nc(COc2ccccc2C(=O)N2CCCC(N)C2)no1. The Morgan fingerprint density at radius 3 is 3.04 bits per heavy atom. The van der Waals surface area contributed by atoms with E-state index in [0.29, 0.717) is 29.6 Å². The molecule has 7 heteroatoms. The van der Waals surface area contributed by atoms with E-state index in [1.165, 1.54) is 0 Å². The molecular weight excluding hydrogens is 296 g/mol. The molecule has 0 saturated carbocycles. The summed E-state index contributed by atoms with van der Waals surface area (Å²) in [5, 5.41) is 3.78. The van der Waals surface area contributed by atoms with Crippen LogP contribution in [0.15, 0.2) is 28.8 Å². The second-order valence-electron chi connectivity index (χ2n) is 5.67. The van der Waals surface area contributed by atoms with Crippen LogP contribution in [-0.2, 0) is 6.61 Å². The summed E-state index contributed by atoms with van der Waals surface area (Å²) in [6, 6.07) is 7.23. The summed E-state index contributed by atoms with van der Waals surface area (Å²) in [6.07, 6.45) is 1.89. The maximum atomic E-state index is 12.7. The molecule has 0 radical (unpaired) electrons. The van der Waals surface area contributed by atoms with Crippen molar-refractivity contribution in [1.82, 2.24) is 15.0 Å². The molecule has 2 heterocycles. The van der Waals surface area contributed by atoms with E-state index >= 15 is 0 Å². The van der Waals surface area contributed by atoms with Crippen molar-refractivity contribution in [3.8, 4) is 5.75 Å². The molecule has 1 atom stereocenters. The Hall–Kier alpha value is -2.41. The summed E-state index contributed by atoms with van der Waals surface area (Å²) in [5.41, 5.74) is 6.49. The van der Waals surface area contributed by atoms with Gasteiger partial charge in [-0.05, 0) is 25.0 Å². The summed E-state index contributed by atoms with van der Waals surface area (Å²) >= 11 is 0. The topological polar surface area (TPSA) is 94.5 Å². The zero-order valence-electron chi connectivity index (χ0n) is 13.1. The van der Waals surface area contributed by atoms with Crippen LogP contribution in [0.2, 0.25) is 0 Å². The second kappa shape index (κ2) is 6.78. The molecule has 0 bridgehead atoms. The largest absolute Gasteiger partial charge is 0.485 e. The van der Waals surface area contributed by atoms with Gasteiger partial charge in [-0.2, -0.15) is 4.98 Å². The number of likely N-dealkylation sites (tertiary alicyclic amines) is 1. The van der Waals surface area contributed by atoms with Gasteiger partial charge in [0, 0.05) is 26.1 Å². The number of para-hydroxylation sites is 1. The molecule has 23 heavy (non-hydrogen) atoms. The van der Waals surface area contributed by atoms with Gasteiger partial charge < -0.3 is 19.9 Å². The maximum Gasteiger partial charge on any atom is 0.257 e. The Morgan fingerprint density at radius 2 is 2.30 bits per heavy atom. The summed E-state index contributed by atoms with van der Waals surface area (Å²) in [4.78, 5) is 18.6. The predicted molar refractivity (Wildman–Crippen MR) is 82.9 cm³/mol. The minimum atomic E-state index is -0.0555. The molecule has 1 aliphatic heterocycles. The highest BCUT2D eigenvalue weighted by atomic mass is 16.5. The number of aromatic nitrogens is 2. The lowest BCUT2D eigenvalue weighted by atomic mass is 10.0. The molecule has 1 amide bonds. The average Bonchev–Trinajstić information content (AvgIpc) is 2.98. The highest BCUT2D eigenvalue weighted by Crippen LogP contribution is 2.22. The molecule has 0 aliphatic carbocycles. The number of ether oxygens (including phenoxy) is 1. The molecule has 122 valence electrons. The Kier molecular flexibility index (Phi) is 4.57. The third kappa shape index (κ3) is 3.68.